The molecule has 0 aliphatic heterocycles. The number of hydrogen-bond acceptors (Lipinski definition) is 3. The fourth-order valence-corrected chi connectivity index (χ4v) is 1.56. The minimum Gasteiger partial charge on any atom is -0.482 e. The fourth-order valence-electron chi connectivity index (χ4n) is 1.28. The van der Waals surface area contributed by atoms with Crippen molar-refractivity contribution >= 4 is 23.5 Å². The largest absolute Gasteiger partial charge is 0.482 e. The van der Waals surface area contributed by atoms with Gasteiger partial charge in [0.05, 0.1) is 5.02 Å². The summed E-state index contributed by atoms with van der Waals surface area (Å²) in [4.78, 5) is 22.0. The van der Waals surface area contributed by atoms with Crippen LogP contribution < -0.4 is 10.1 Å². The first kappa shape index (κ1) is 14.3. The number of benzene rings is 1. The second-order valence-corrected chi connectivity index (χ2v) is 4.21. The minimum atomic E-state index is -1.10. The van der Waals surface area contributed by atoms with Gasteiger partial charge in [-0.3, -0.25) is 9.59 Å². The molecule has 0 bridgehead atoms. The lowest BCUT2D eigenvalue weighted by molar-refractivity contribution is -0.141. The lowest BCUT2D eigenvalue weighted by Gasteiger charge is -2.12. The molecule has 0 unspecified atom stereocenters. The smallest absolute Gasteiger partial charge is 0.325 e. The van der Waals surface area contributed by atoms with Gasteiger partial charge < -0.3 is 15.2 Å². The number of para-hydroxylation sites is 1. The van der Waals surface area contributed by atoms with Crippen LogP contribution in [0.1, 0.15) is 12.5 Å². The molecule has 5 nitrogen and oxygen atoms in total. The maximum atomic E-state index is 11.4. The van der Waals surface area contributed by atoms with Gasteiger partial charge in [-0.15, -0.1) is 0 Å². The van der Waals surface area contributed by atoms with Gasteiger partial charge in [0, 0.05) is 0 Å². The lowest BCUT2D eigenvalue weighted by Crippen LogP contribution is -2.40. The van der Waals surface area contributed by atoms with Crippen LogP contribution in [0.2, 0.25) is 5.02 Å². The predicted molar refractivity (Wildman–Crippen MR) is 66.9 cm³/mol. The average Bonchev–Trinajstić information content (AvgIpc) is 2.28. The molecule has 1 amide bonds. The summed E-state index contributed by atoms with van der Waals surface area (Å²) in [6, 6.07) is 4.28. The molecule has 0 aromatic heterocycles. The van der Waals surface area contributed by atoms with E-state index in [0.717, 1.165) is 5.56 Å². The van der Waals surface area contributed by atoms with Crippen molar-refractivity contribution in [1.29, 1.82) is 0 Å². The van der Waals surface area contributed by atoms with Crippen LogP contribution in [0.3, 0.4) is 0 Å². The van der Waals surface area contributed by atoms with E-state index < -0.39 is 17.9 Å². The maximum absolute atomic E-state index is 11.4. The lowest BCUT2D eigenvalue weighted by atomic mass is 10.2. The molecule has 0 heterocycles. The van der Waals surface area contributed by atoms with Gasteiger partial charge >= 0.3 is 5.97 Å². The summed E-state index contributed by atoms with van der Waals surface area (Å²) in [6.07, 6.45) is 0. The third kappa shape index (κ3) is 3.92. The number of hydrogen-bond donors (Lipinski definition) is 2. The van der Waals surface area contributed by atoms with Crippen molar-refractivity contribution in [2.75, 3.05) is 6.61 Å². The van der Waals surface area contributed by atoms with Crippen LogP contribution in [0, 0.1) is 6.92 Å². The molecule has 1 aromatic carbocycles. The standard InChI is InChI=1S/C12H14ClNO4/c1-7-4-3-5-9(13)11(7)18-6-10(15)14-8(2)12(16)17/h3-5,8H,6H2,1-2H3,(H,14,15)(H,16,17)/t8-/m0/s1. The Morgan fingerprint density at radius 2 is 2.17 bits per heavy atom. The molecule has 2 N–H and O–H groups in total. The summed E-state index contributed by atoms with van der Waals surface area (Å²) in [5.74, 6) is -1.18. The minimum absolute atomic E-state index is 0.276. The summed E-state index contributed by atoms with van der Waals surface area (Å²) in [6.45, 7) is 2.90. The summed E-state index contributed by atoms with van der Waals surface area (Å²) in [7, 11) is 0. The van der Waals surface area contributed by atoms with Crippen molar-refractivity contribution in [1.82, 2.24) is 5.32 Å². The number of amides is 1. The first-order valence-corrected chi connectivity index (χ1v) is 5.69. The number of rotatable bonds is 5. The SMILES string of the molecule is Cc1cccc(Cl)c1OCC(=O)N[C@@H](C)C(=O)O. The monoisotopic (exact) mass is 271 g/mol. The topological polar surface area (TPSA) is 75.6 Å². The van der Waals surface area contributed by atoms with Gasteiger partial charge in [0.1, 0.15) is 11.8 Å². The van der Waals surface area contributed by atoms with E-state index in [2.05, 4.69) is 5.32 Å². The zero-order valence-corrected chi connectivity index (χ0v) is 10.8. The molecule has 98 valence electrons. The summed E-state index contributed by atoms with van der Waals surface area (Å²) in [5, 5.41) is 11.3. The molecular weight excluding hydrogens is 258 g/mol. The Morgan fingerprint density at radius 3 is 2.72 bits per heavy atom. The highest BCUT2D eigenvalue weighted by atomic mass is 35.5. The van der Waals surface area contributed by atoms with Crippen LogP contribution >= 0.6 is 11.6 Å². The Bertz CT molecular complexity index is 441. The highest BCUT2D eigenvalue weighted by molar-refractivity contribution is 6.32. The molecule has 0 saturated heterocycles. The highest BCUT2D eigenvalue weighted by Crippen LogP contribution is 2.27. The third-order valence-electron chi connectivity index (χ3n) is 2.26. The molecule has 1 rings (SSSR count). The summed E-state index contributed by atoms with van der Waals surface area (Å²) >= 11 is 5.92. The molecule has 6 heteroatoms. The quantitative estimate of drug-likeness (QED) is 0.853. The van der Waals surface area contributed by atoms with E-state index >= 15 is 0 Å². The second kappa shape index (κ2) is 6.26. The number of aliphatic carboxylic acids is 1. The molecule has 1 aromatic rings. The van der Waals surface area contributed by atoms with E-state index in [9.17, 15) is 9.59 Å². The average molecular weight is 272 g/mol. The number of nitrogens with one attached hydrogen (secondary N) is 1. The number of ether oxygens (including phenoxy) is 1. The van der Waals surface area contributed by atoms with Crippen molar-refractivity contribution in [3.8, 4) is 5.75 Å². The van der Waals surface area contributed by atoms with E-state index in [4.69, 9.17) is 21.4 Å². The normalized spacial score (nSPS) is 11.7. The zero-order valence-electron chi connectivity index (χ0n) is 10.1. The second-order valence-electron chi connectivity index (χ2n) is 3.80. The Kier molecular flexibility index (Phi) is 4.97. The predicted octanol–water partition coefficient (Wildman–Crippen LogP) is 1.62. The molecule has 0 spiro atoms. The molecule has 0 saturated carbocycles. The molecule has 0 aliphatic carbocycles. The highest BCUT2D eigenvalue weighted by Gasteiger charge is 2.15. The van der Waals surface area contributed by atoms with E-state index in [-0.39, 0.29) is 6.61 Å². The van der Waals surface area contributed by atoms with Gasteiger partial charge in [-0.05, 0) is 25.5 Å². The molecule has 0 fully saturated rings. The number of halogens is 1. The first-order valence-electron chi connectivity index (χ1n) is 5.32. The van der Waals surface area contributed by atoms with E-state index in [0.29, 0.717) is 10.8 Å². The van der Waals surface area contributed by atoms with Gasteiger partial charge in [-0.25, -0.2) is 0 Å². The maximum Gasteiger partial charge on any atom is 0.325 e. The number of carboxylic acids is 1. The van der Waals surface area contributed by atoms with Crippen molar-refractivity contribution in [2.24, 2.45) is 0 Å². The fraction of sp³-hybridized carbons (Fsp3) is 0.333. The van der Waals surface area contributed by atoms with Gasteiger partial charge in [-0.2, -0.15) is 0 Å². The number of carbonyl (C=O) groups excluding carboxylic acids is 1. The van der Waals surface area contributed by atoms with Crippen molar-refractivity contribution < 1.29 is 19.4 Å². The number of carbonyl (C=O) groups is 2. The van der Waals surface area contributed by atoms with E-state index in [1.807, 2.05) is 0 Å². The number of carboxylic acid groups (broad SMARTS) is 1. The number of aryl methyl sites for hydroxylation is 1. The van der Waals surface area contributed by atoms with Gasteiger partial charge in [0.15, 0.2) is 6.61 Å². The zero-order chi connectivity index (χ0) is 13.7. The van der Waals surface area contributed by atoms with Crippen LogP contribution in [-0.4, -0.2) is 29.6 Å². The van der Waals surface area contributed by atoms with Crippen LogP contribution in [0.5, 0.6) is 5.75 Å². The van der Waals surface area contributed by atoms with Crippen molar-refractivity contribution in [3.05, 3.63) is 28.8 Å². The molecular formula is C12H14ClNO4. The molecule has 18 heavy (non-hydrogen) atoms. The van der Waals surface area contributed by atoms with Gasteiger partial charge in [0.2, 0.25) is 0 Å². The van der Waals surface area contributed by atoms with E-state index in [1.165, 1.54) is 6.92 Å². The Labute approximate surface area is 110 Å². The van der Waals surface area contributed by atoms with Crippen LogP contribution in [0.4, 0.5) is 0 Å². The Hall–Kier alpha value is -1.75. The van der Waals surface area contributed by atoms with Crippen molar-refractivity contribution in [2.45, 2.75) is 19.9 Å². The van der Waals surface area contributed by atoms with Crippen molar-refractivity contribution in [3.63, 3.8) is 0 Å². The summed E-state index contributed by atoms with van der Waals surface area (Å²) in [5.41, 5.74) is 0.807. The van der Waals surface area contributed by atoms with Gasteiger partial charge in [0.25, 0.3) is 5.91 Å². The van der Waals surface area contributed by atoms with Crippen LogP contribution in [-0.2, 0) is 9.59 Å². The Balaban J connectivity index is 2.55. The van der Waals surface area contributed by atoms with Crippen LogP contribution in [0.15, 0.2) is 18.2 Å². The molecule has 0 aliphatic rings. The van der Waals surface area contributed by atoms with Gasteiger partial charge in [-0.1, -0.05) is 23.7 Å². The first-order chi connectivity index (χ1) is 8.41. The van der Waals surface area contributed by atoms with E-state index in [1.54, 1.807) is 25.1 Å². The molecule has 1 atom stereocenters. The third-order valence-corrected chi connectivity index (χ3v) is 2.56. The Morgan fingerprint density at radius 1 is 1.50 bits per heavy atom. The van der Waals surface area contributed by atoms with Crippen LogP contribution in [0.25, 0.3) is 0 Å². The molecule has 0 radical (unpaired) electrons. The summed E-state index contributed by atoms with van der Waals surface area (Å²) < 4.78 is 5.27.